The van der Waals surface area contributed by atoms with Gasteiger partial charge in [0.2, 0.25) is 0 Å². The molecule has 1 aromatic heterocycles. The molecule has 142 valence electrons. The van der Waals surface area contributed by atoms with Gasteiger partial charge in [-0.2, -0.15) is 5.26 Å². The van der Waals surface area contributed by atoms with Gasteiger partial charge in [0, 0.05) is 22.5 Å². The fourth-order valence-electron chi connectivity index (χ4n) is 2.25. The number of hydrogen-bond donors (Lipinski definition) is 0. The van der Waals surface area contributed by atoms with Crippen LogP contribution in [0, 0.1) is 25.2 Å². The first kappa shape index (κ1) is 20.9. The number of thiazole rings is 1. The topological polar surface area (TPSA) is 89.3 Å². The van der Waals surface area contributed by atoms with Crippen molar-refractivity contribution in [2.45, 2.75) is 32.6 Å². The van der Waals surface area contributed by atoms with Crippen LogP contribution in [-0.2, 0) is 14.3 Å². The van der Waals surface area contributed by atoms with Gasteiger partial charge in [-0.25, -0.2) is 4.98 Å². The molecule has 0 saturated heterocycles. The Labute approximate surface area is 166 Å². The molecule has 0 bridgehead atoms. The fraction of sp³-hybridized carbons (Fsp3) is 0.368. The van der Waals surface area contributed by atoms with Crippen molar-refractivity contribution < 1.29 is 19.1 Å². The van der Waals surface area contributed by atoms with Crippen molar-refractivity contribution in [1.29, 1.82) is 5.26 Å². The first-order chi connectivity index (χ1) is 12.9. The zero-order valence-corrected chi connectivity index (χ0v) is 16.6. The molecule has 0 spiro atoms. The van der Waals surface area contributed by atoms with Crippen LogP contribution in [0.5, 0.6) is 5.75 Å². The number of nitrogens with zero attached hydrogens (tertiary/aromatic N) is 2. The van der Waals surface area contributed by atoms with E-state index in [0.29, 0.717) is 28.8 Å². The number of ether oxygens (including phenoxy) is 2. The summed E-state index contributed by atoms with van der Waals surface area (Å²) in [5, 5.41) is 12.0. The predicted octanol–water partition coefficient (Wildman–Crippen LogP) is 3.99. The van der Waals surface area contributed by atoms with Gasteiger partial charge >= 0.3 is 5.97 Å². The molecular formula is C19H19ClN2O4S. The molecule has 1 heterocycles. The number of hydrogen-bond acceptors (Lipinski definition) is 7. The molecule has 0 N–H and O–H groups in total. The van der Waals surface area contributed by atoms with E-state index in [9.17, 15) is 14.9 Å². The van der Waals surface area contributed by atoms with Crippen molar-refractivity contribution in [2.24, 2.45) is 0 Å². The first-order valence-electron chi connectivity index (χ1n) is 8.29. The quantitative estimate of drug-likeness (QED) is 0.462. The van der Waals surface area contributed by atoms with Gasteiger partial charge in [-0.15, -0.1) is 11.3 Å². The number of esters is 1. The van der Waals surface area contributed by atoms with Crippen LogP contribution in [-0.4, -0.2) is 30.0 Å². The lowest BCUT2D eigenvalue weighted by Crippen LogP contribution is -2.20. The molecule has 0 saturated carbocycles. The highest BCUT2D eigenvalue weighted by Crippen LogP contribution is 2.22. The van der Waals surface area contributed by atoms with Crippen molar-refractivity contribution in [3.8, 4) is 11.8 Å². The average Bonchev–Trinajstić information content (AvgIpc) is 3.05. The molecule has 1 aromatic carbocycles. The van der Waals surface area contributed by atoms with Crippen LogP contribution in [0.3, 0.4) is 0 Å². The number of aryl methyl sites for hydroxylation is 2. The molecular weight excluding hydrogens is 388 g/mol. The normalized spacial score (nSPS) is 11.5. The minimum absolute atomic E-state index is 0.119. The number of nitriles is 1. The summed E-state index contributed by atoms with van der Waals surface area (Å²) in [5.74, 6) is -1.29. The highest BCUT2D eigenvalue weighted by molar-refractivity contribution is 7.09. The van der Waals surface area contributed by atoms with E-state index in [2.05, 4.69) is 4.98 Å². The van der Waals surface area contributed by atoms with E-state index in [1.54, 1.807) is 30.5 Å². The highest BCUT2D eigenvalue weighted by Gasteiger charge is 2.24. The number of benzene rings is 1. The third-order valence-electron chi connectivity index (χ3n) is 3.63. The number of ketones is 1. The molecule has 6 nitrogen and oxygen atoms in total. The van der Waals surface area contributed by atoms with Crippen LogP contribution < -0.4 is 4.74 Å². The average molecular weight is 407 g/mol. The van der Waals surface area contributed by atoms with E-state index in [1.165, 1.54) is 11.3 Å². The molecule has 2 rings (SSSR count). The summed E-state index contributed by atoms with van der Waals surface area (Å²) < 4.78 is 10.6. The highest BCUT2D eigenvalue weighted by atomic mass is 35.5. The molecule has 0 unspecified atom stereocenters. The van der Waals surface area contributed by atoms with Gasteiger partial charge in [-0.05, 0) is 44.0 Å². The van der Waals surface area contributed by atoms with Crippen LogP contribution in [0.15, 0.2) is 23.6 Å². The summed E-state index contributed by atoms with van der Waals surface area (Å²) in [5.41, 5.74) is 1.66. The van der Waals surface area contributed by atoms with Crippen molar-refractivity contribution in [1.82, 2.24) is 4.98 Å². The lowest BCUT2D eigenvalue weighted by Gasteiger charge is -2.09. The fourth-order valence-corrected chi connectivity index (χ4v) is 3.34. The summed E-state index contributed by atoms with van der Waals surface area (Å²) in [6, 6.07) is 7.22. The SMILES string of the molecule is Cc1csc([C@@H](C#N)C(=O)COC(=O)CCCOc2ccc(Cl)cc2C)n1. The van der Waals surface area contributed by atoms with Gasteiger partial charge in [-0.3, -0.25) is 9.59 Å². The van der Waals surface area contributed by atoms with Crippen LogP contribution in [0.1, 0.15) is 35.0 Å². The summed E-state index contributed by atoms with van der Waals surface area (Å²) in [4.78, 5) is 28.0. The summed E-state index contributed by atoms with van der Waals surface area (Å²) in [6.45, 7) is 3.57. The number of rotatable bonds is 9. The van der Waals surface area contributed by atoms with Crippen molar-refractivity contribution in [3.05, 3.63) is 44.9 Å². The van der Waals surface area contributed by atoms with Crippen LogP contribution in [0.2, 0.25) is 5.02 Å². The lowest BCUT2D eigenvalue weighted by molar-refractivity contribution is -0.148. The molecule has 1 atom stereocenters. The predicted molar refractivity (Wildman–Crippen MR) is 102 cm³/mol. The largest absolute Gasteiger partial charge is 0.493 e. The Balaban J connectivity index is 1.71. The van der Waals surface area contributed by atoms with Crippen molar-refractivity contribution >= 4 is 34.7 Å². The second kappa shape index (κ2) is 10.0. The smallest absolute Gasteiger partial charge is 0.306 e. The minimum atomic E-state index is -1.01. The Kier molecular flexibility index (Phi) is 7.77. The number of carbonyl (C=O) groups is 2. The Bertz CT molecular complexity index is 860. The van der Waals surface area contributed by atoms with Crippen LogP contribution in [0.25, 0.3) is 0 Å². The monoisotopic (exact) mass is 406 g/mol. The Hall–Kier alpha value is -2.43. The van der Waals surface area contributed by atoms with Gasteiger partial charge in [0.25, 0.3) is 0 Å². The Morgan fingerprint density at radius 3 is 2.78 bits per heavy atom. The number of carbonyl (C=O) groups excluding carboxylic acids is 2. The molecule has 0 radical (unpaired) electrons. The van der Waals surface area contributed by atoms with Crippen LogP contribution in [0.4, 0.5) is 0 Å². The minimum Gasteiger partial charge on any atom is -0.493 e. The van der Waals surface area contributed by atoms with Crippen molar-refractivity contribution in [3.63, 3.8) is 0 Å². The Morgan fingerprint density at radius 1 is 1.37 bits per heavy atom. The Morgan fingerprint density at radius 2 is 2.15 bits per heavy atom. The van der Waals surface area contributed by atoms with Crippen molar-refractivity contribution in [2.75, 3.05) is 13.2 Å². The van der Waals surface area contributed by atoms with Gasteiger partial charge in [0.1, 0.15) is 10.8 Å². The molecule has 0 amide bonds. The van der Waals surface area contributed by atoms with Gasteiger partial charge in [0.15, 0.2) is 18.3 Å². The molecule has 27 heavy (non-hydrogen) atoms. The van der Waals surface area contributed by atoms with E-state index in [-0.39, 0.29) is 6.42 Å². The summed E-state index contributed by atoms with van der Waals surface area (Å²) in [6.07, 6.45) is 0.565. The molecule has 2 aromatic rings. The third kappa shape index (κ3) is 6.35. The molecule has 0 fully saturated rings. The maximum Gasteiger partial charge on any atom is 0.306 e. The van der Waals surface area contributed by atoms with Crippen LogP contribution >= 0.6 is 22.9 Å². The van der Waals surface area contributed by atoms with Gasteiger partial charge < -0.3 is 9.47 Å². The third-order valence-corrected chi connectivity index (χ3v) is 4.89. The lowest BCUT2D eigenvalue weighted by atomic mass is 10.1. The van der Waals surface area contributed by atoms with Gasteiger partial charge in [-0.1, -0.05) is 11.6 Å². The number of Topliss-reactive ketones (excluding diaryl/α,β-unsaturated/α-hetero) is 1. The zero-order valence-electron chi connectivity index (χ0n) is 15.0. The second-order valence-corrected chi connectivity index (χ2v) is 7.20. The zero-order chi connectivity index (χ0) is 19.8. The summed E-state index contributed by atoms with van der Waals surface area (Å²) >= 11 is 7.13. The van der Waals surface area contributed by atoms with E-state index in [4.69, 9.17) is 21.1 Å². The van der Waals surface area contributed by atoms with Gasteiger partial charge in [0.05, 0.1) is 12.7 Å². The van der Waals surface area contributed by atoms with E-state index >= 15 is 0 Å². The number of aromatic nitrogens is 1. The standard InChI is InChI=1S/C19H19ClN2O4S/c1-12-8-14(20)5-6-17(12)25-7-3-4-18(24)26-10-16(23)15(9-21)19-22-13(2)11-27-19/h5-6,8,11,15H,3-4,7,10H2,1-2H3/t15-/m0/s1. The molecule has 0 aliphatic carbocycles. The maximum absolute atomic E-state index is 12.1. The number of halogens is 1. The molecule has 0 aliphatic rings. The second-order valence-electron chi connectivity index (χ2n) is 5.88. The molecule has 8 heteroatoms. The van der Waals surface area contributed by atoms with E-state index in [0.717, 1.165) is 11.3 Å². The van der Waals surface area contributed by atoms with E-state index in [1.807, 2.05) is 13.0 Å². The molecule has 0 aliphatic heterocycles. The van der Waals surface area contributed by atoms with E-state index < -0.39 is 24.3 Å². The maximum atomic E-state index is 12.1. The summed E-state index contributed by atoms with van der Waals surface area (Å²) in [7, 11) is 0. The first-order valence-corrected chi connectivity index (χ1v) is 9.55.